The second kappa shape index (κ2) is 7.12. The van der Waals surface area contributed by atoms with Crippen LogP contribution in [0.3, 0.4) is 0 Å². The average molecular weight is 302 g/mol. The third-order valence-electron chi connectivity index (χ3n) is 2.83. The largest absolute Gasteiger partial charge is 0.310 e. The number of hydrogen-bond acceptors (Lipinski definition) is 1. The van der Waals surface area contributed by atoms with Crippen LogP contribution in [0.2, 0.25) is 0 Å². The summed E-state index contributed by atoms with van der Waals surface area (Å²) < 4.78 is 13.7. The normalized spacial score (nSPS) is 13.1. The number of rotatable bonds is 6. The maximum atomic E-state index is 13.2. The first kappa shape index (κ1) is 14.7. The molecule has 0 aliphatic heterocycles. The van der Waals surface area contributed by atoms with Crippen molar-refractivity contribution in [1.82, 2.24) is 5.32 Å². The zero-order valence-electron chi connectivity index (χ0n) is 10.8. The highest BCUT2D eigenvalue weighted by Gasteiger charge is 2.12. The van der Waals surface area contributed by atoms with E-state index in [1.807, 2.05) is 12.1 Å². The van der Waals surface area contributed by atoms with Crippen LogP contribution in [0.4, 0.5) is 4.39 Å². The van der Waals surface area contributed by atoms with Gasteiger partial charge in [0.25, 0.3) is 0 Å². The summed E-state index contributed by atoms with van der Waals surface area (Å²) in [6.45, 7) is 7.48. The third kappa shape index (κ3) is 4.76. The Kier molecular flexibility index (Phi) is 6.14. The molecule has 0 radical (unpaired) electrons. The molecule has 1 rings (SSSR count). The third-order valence-corrected chi connectivity index (χ3v) is 3.44. The lowest BCUT2D eigenvalue weighted by Gasteiger charge is -2.19. The van der Waals surface area contributed by atoms with Gasteiger partial charge in [-0.1, -0.05) is 26.8 Å². The minimum absolute atomic E-state index is 0.201. The first-order valence-corrected chi connectivity index (χ1v) is 7.02. The van der Waals surface area contributed by atoms with Crippen LogP contribution in [-0.2, 0) is 0 Å². The molecule has 1 N–H and O–H groups in total. The van der Waals surface area contributed by atoms with Crippen molar-refractivity contribution in [3.05, 3.63) is 34.1 Å². The zero-order chi connectivity index (χ0) is 12.8. The molecule has 1 unspecified atom stereocenters. The molecule has 3 heteroatoms. The lowest BCUT2D eigenvalue weighted by molar-refractivity contribution is 0.448. The van der Waals surface area contributed by atoms with Crippen molar-refractivity contribution in [1.29, 1.82) is 0 Å². The van der Waals surface area contributed by atoms with Gasteiger partial charge in [0.05, 0.1) is 4.47 Å². The molecule has 17 heavy (non-hydrogen) atoms. The molecule has 0 aliphatic carbocycles. The summed E-state index contributed by atoms with van der Waals surface area (Å²) in [6.07, 6.45) is 2.26. The summed E-state index contributed by atoms with van der Waals surface area (Å²) in [5.74, 6) is 0.493. The summed E-state index contributed by atoms with van der Waals surface area (Å²) in [7, 11) is 0. The van der Waals surface area contributed by atoms with Gasteiger partial charge in [-0.05, 0) is 58.9 Å². The van der Waals surface area contributed by atoms with Crippen LogP contribution in [0, 0.1) is 11.7 Å². The van der Waals surface area contributed by atoms with E-state index in [1.54, 1.807) is 0 Å². The van der Waals surface area contributed by atoms with E-state index < -0.39 is 0 Å². The van der Waals surface area contributed by atoms with E-state index in [0.29, 0.717) is 16.4 Å². The topological polar surface area (TPSA) is 12.0 Å². The quantitative estimate of drug-likeness (QED) is 0.805. The zero-order valence-corrected chi connectivity index (χ0v) is 12.3. The van der Waals surface area contributed by atoms with Gasteiger partial charge in [-0.15, -0.1) is 0 Å². The molecular weight excluding hydrogens is 281 g/mol. The number of hydrogen-bond donors (Lipinski definition) is 1. The maximum absolute atomic E-state index is 13.2. The molecule has 0 saturated carbocycles. The van der Waals surface area contributed by atoms with Crippen molar-refractivity contribution in [2.75, 3.05) is 6.54 Å². The van der Waals surface area contributed by atoms with E-state index in [4.69, 9.17) is 0 Å². The number of nitrogens with one attached hydrogen (secondary N) is 1. The second-order valence-corrected chi connectivity index (χ2v) is 5.61. The van der Waals surface area contributed by atoms with Gasteiger partial charge in [0.15, 0.2) is 0 Å². The molecule has 0 fully saturated rings. The van der Waals surface area contributed by atoms with Gasteiger partial charge in [-0.25, -0.2) is 4.39 Å². The van der Waals surface area contributed by atoms with Gasteiger partial charge in [0.2, 0.25) is 0 Å². The molecule has 1 aromatic carbocycles. The van der Waals surface area contributed by atoms with Crippen LogP contribution >= 0.6 is 15.9 Å². The smallest absolute Gasteiger partial charge is 0.137 e. The maximum Gasteiger partial charge on any atom is 0.137 e. The molecule has 0 aromatic heterocycles. The fraction of sp³-hybridized carbons (Fsp3) is 0.571. The second-order valence-electron chi connectivity index (χ2n) is 4.76. The SMILES string of the molecule is CCNC(CCC(C)C)c1ccc(F)c(Br)c1. The summed E-state index contributed by atoms with van der Waals surface area (Å²) in [4.78, 5) is 0. The van der Waals surface area contributed by atoms with E-state index in [9.17, 15) is 4.39 Å². The Balaban J connectivity index is 2.77. The molecule has 0 saturated heterocycles. The van der Waals surface area contributed by atoms with Crippen LogP contribution in [0.25, 0.3) is 0 Å². The molecule has 0 heterocycles. The highest BCUT2D eigenvalue weighted by Crippen LogP contribution is 2.25. The van der Waals surface area contributed by atoms with E-state index in [2.05, 4.69) is 42.0 Å². The lowest BCUT2D eigenvalue weighted by Crippen LogP contribution is -2.21. The van der Waals surface area contributed by atoms with Crippen LogP contribution in [0.1, 0.15) is 45.2 Å². The molecular formula is C14H21BrFN. The van der Waals surface area contributed by atoms with Crippen LogP contribution in [0.15, 0.2) is 22.7 Å². The first-order valence-electron chi connectivity index (χ1n) is 6.23. The summed E-state index contributed by atoms with van der Waals surface area (Å²) in [5.41, 5.74) is 1.15. The molecule has 0 amide bonds. The van der Waals surface area contributed by atoms with E-state index in [1.165, 1.54) is 12.5 Å². The Labute approximate surface area is 112 Å². The Morgan fingerprint density at radius 2 is 2.00 bits per heavy atom. The van der Waals surface area contributed by atoms with Gasteiger partial charge in [0.1, 0.15) is 5.82 Å². The highest BCUT2D eigenvalue weighted by atomic mass is 79.9. The Morgan fingerprint density at radius 3 is 2.53 bits per heavy atom. The number of benzene rings is 1. The Hall–Kier alpha value is -0.410. The Morgan fingerprint density at radius 1 is 1.29 bits per heavy atom. The molecule has 0 bridgehead atoms. The van der Waals surface area contributed by atoms with E-state index >= 15 is 0 Å². The van der Waals surface area contributed by atoms with Crippen molar-refractivity contribution in [2.45, 2.75) is 39.7 Å². The van der Waals surface area contributed by atoms with Gasteiger partial charge < -0.3 is 5.32 Å². The van der Waals surface area contributed by atoms with Crippen molar-refractivity contribution in [3.8, 4) is 0 Å². The molecule has 0 aliphatic rings. The van der Waals surface area contributed by atoms with Crippen LogP contribution in [0.5, 0.6) is 0 Å². The summed E-state index contributed by atoms with van der Waals surface area (Å²) >= 11 is 3.24. The van der Waals surface area contributed by atoms with Crippen LogP contribution in [-0.4, -0.2) is 6.54 Å². The minimum Gasteiger partial charge on any atom is -0.310 e. The van der Waals surface area contributed by atoms with Gasteiger partial charge >= 0.3 is 0 Å². The molecule has 1 atom stereocenters. The van der Waals surface area contributed by atoms with Crippen molar-refractivity contribution in [3.63, 3.8) is 0 Å². The van der Waals surface area contributed by atoms with Crippen molar-refractivity contribution in [2.24, 2.45) is 5.92 Å². The lowest BCUT2D eigenvalue weighted by atomic mass is 9.97. The molecule has 1 aromatic rings. The van der Waals surface area contributed by atoms with Gasteiger partial charge in [-0.3, -0.25) is 0 Å². The number of halogens is 2. The molecule has 96 valence electrons. The summed E-state index contributed by atoms with van der Waals surface area (Å²) in [5, 5.41) is 3.46. The molecule has 1 nitrogen and oxygen atoms in total. The fourth-order valence-electron chi connectivity index (χ4n) is 1.86. The predicted molar refractivity (Wildman–Crippen MR) is 74.6 cm³/mol. The highest BCUT2D eigenvalue weighted by molar-refractivity contribution is 9.10. The minimum atomic E-state index is -0.201. The predicted octanol–water partition coefficient (Wildman–Crippen LogP) is 4.68. The summed E-state index contributed by atoms with van der Waals surface area (Å²) in [6, 6.07) is 5.59. The Bertz CT molecular complexity index is 352. The fourth-order valence-corrected chi connectivity index (χ4v) is 2.26. The first-order chi connectivity index (χ1) is 8.04. The van der Waals surface area contributed by atoms with E-state index in [-0.39, 0.29) is 5.82 Å². The average Bonchev–Trinajstić information content (AvgIpc) is 2.28. The van der Waals surface area contributed by atoms with Gasteiger partial charge in [-0.2, -0.15) is 0 Å². The molecule has 0 spiro atoms. The van der Waals surface area contributed by atoms with Gasteiger partial charge in [0, 0.05) is 6.04 Å². The van der Waals surface area contributed by atoms with Crippen LogP contribution < -0.4 is 5.32 Å². The monoisotopic (exact) mass is 301 g/mol. The standard InChI is InChI=1S/C14H21BrFN/c1-4-17-14(8-5-10(2)3)11-6-7-13(16)12(15)9-11/h6-7,9-10,14,17H,4-5,8H2,1-3H3. The van der Waals surface area contributed by atoms with Crippen molar-refractivity contribution < 1.29 is 4.39 Å². The van der Waals surface area contributed by atoms with E-state index in [0.717, 1.165) is 18.5 Å². The van der Waals surface area contributed by atoms with Crippen molar-refractivity contribution >= 4 is 15.9 Å².